The van der Waals surface area contributed by atoms with E-state index in [-0.39, 0.29) is 0 Å². The van der Waals surface area contributed by atoms with Crippen LogP contribution in [0.1, 0.15) is 31.4 Å². The lowest BCUT2D eigenvalue weighted by atomic mass is 10.00. The SMILES string of the molecule is CNC(C)c1cccc2ccn(CC3CCOCC3)c12. The van der Waals surface area contributed by atoms with Gasteiger partial charge in [0, 0.05) is 32.0 Å². The van der Waals surface area contributed by atoms with Gasteiger partial charge < -0.3 is 14.6 Å². The van der Waals surface area contributed by atoms with Crippen LogP contribution in [0.5, 0.6) is 0 Å². The van der Waals surface area contributed by atoms with Crippen LogP contribution in [0.4, 0.5) is 0 Å². The fraction of sp³-hybridized carbons (Fsp3) is 0.529. The Hall–Kier alpha value is -1.32. The van der Waals surface area contributed by atoms with Crippen LogP contribution >= 0.6 is 0 Å². The third kappa shape index (κ3) is 2.60. The smallest absolute Gasteiger partial charge is 0.0528 e. The first-order valence-corrected chi connectivity index (χ1v) is 7.62. The van der Waals surface area contributed by atoms with Crippen molar-refractivity contribution >= 4 is 10.9 Å². The van der Waals surface area contributed by atoms with E-state index in [0.717, 1.165) is 25.7 Å². The molecule has 1 unspecified atom stereocenters. The highest BCUT2D eigenvalue weighted by Gasteiger charge is 2.17. The molecular formula is C17H24N2O. The molecule has 2 aromatic rings. The molecule has 1 atom stereocenters. The van der Waals surface area contributed by atoms with Crippen LogP contribution in [-0.4, -0.2) is 24.8 Å². The summed E-state index contributed by atoms with van der Waals surface area (Å²) in [4.78, 5) is 0. The topological polar surface area (TPSA) is 26.2 Å². The fourth-order valence-electron chi connectivity index (χ4n) is 3.16. The molecule has 2 heterocycles. The molecule has 1 aliphatic rings. The van der Waals surface area contributed by atoms with E-state index in [1.54, 1.807) is 0 Å². The molecule has 0 spiro atoms. The number of rotatable bonds is 4. The molecule has 0 aliphatic carbocycles. The molecule has 0 amide bonds. The summed E-state index contributed by atoms with van der Waals surface area (Å²) < 4.78 is 7.91. The maximum Gasteiger partial charge on any atom is 0.0528 e. The lowest BCUT2D eigenvalue weighted by Gasteiger charge is -2.24. The lowest BCUT2D eigenvalue weighted by molar-refractivity contribution is 0.0616. The van der Waals surface area contributed by atoms with E-state index >= 15 is 0 Å². The predicted octanol–water partition coefficient (Wildman–Crippen LogP) is 3.35. The van der Waals surface area contributed by atoms with E-state index in [9.17, 15) is 0 Å². The fourth-order valence-corrected chi connectivity index (χ4v) is 3.16. The summed E-state index contributed by atoms with van der Waals surface area (Å²) in [5.74, 6) is 0.747. The van der Waals surface area contributed by atoms with E-state index in [1.165, 1.54) is 29.3 Å². The zero-order valence-corrected chi connectivity index (χ0v) is 12.4. The Kier molecular flexibility index (Phi) is 4.08. The predicted molar refractivity (Wildman–Crippen MR) is 83.0 cm³/mol. The van der Waals surface area contributed by atoms with Crippen molar-refractivity contribution in [2.45, 2.75) is 32.4 Å². The summed E-state index contributed by atoms with van der Waals surface area (Å²) in [6, 6.07) is 9.22. The molecule has 20 heavy (non-hydrogen) atoms. The summed E-state index contributed by atoms with van der Waals surface area (Å²) in [5.41, 5.74) is 2.78. The Morgan fingerprint density at radius 3 is 2.85 bits per heavy atom. The molecule has 0 saturated carbocycles. The molecule has 0 bridgehead atoms. The van der Waals surface area contributed by atoms with Crippen LogP contribution in [0.3, 0.4) is 0 Å². The largest absolute Gasteiger partial charge is 0.381 e. The normalized spacial score (nSPS) is 18.5. The van der Waals surface area contributed by atoms with Gasteiger partial charge in [-0.2, -0.15) is 0 Å². The van der Waals surface area contributed by atoms with Crippen LogP contribution < -0.4 is 5.32 Å². The van der Waals surface area contributed by atoms with E-state index in [2.05, 4.69) is 47.3 Å². The van der Waals surface area contributed by atoms with Crippen molar-refractivity contribution in [1.29, 1.82) is 0 Å². The molecular weight excluding hydrogens is 248 g/mol. The van der Waals surface area contributed by atoms with Gasteiger partial charge >= 0.3 is 0 Å². The van der Waals surface area contributed by atoms with Gasteiger partial charge in [0.25, 0.3) is 0 Å². The summed E-state index contributed by atoms with van der Waals surface area (Å²) >= 11 is 0. The Balaban J connectivity index is 1.94. The number of hydrogen-bond acceptors (Lipinski definition) is 2. The quantitative estimate of drug-likeness (QED) is 0.923. The first-order valence-electron chi connectivity index (χ1n) is 7.62. The first kappa shape index (κ1) is 13.7. The maximum absolute atomic E-state index is 5.47. The summed E-state index contributed by atoms with van der Waals surface area (Å²) in [6.07, 6.45) is 4.61. The minimum Gasteiger partial charge on any atom is -0.381 e. The molecule has 3 nitrogen and oxygen atoms in total. The summed E-state index contributed by atoms with van der Waals surface area (Å²) in [7, 11) is 2.02. The zero-order chi connectivity index (χ0) is 13.9. The molecule has 1 aromatic carbocycles. The standard InChI is InChI=1S/C17H24N2O/c1-13(18-2)16-5-3-4-15-6-9-19(17(15)16)12-14-7-10-20-11-8-14/h3-6,9,13-14,18H,7-8,10-12H2,1-2H3. The van der Waals surface area contributed by atoms with Gasteiger partial charge in [-0.1, -0.05) is 18.2 Å². The molecule has 1 fully saturated rings. The van der Waals surface area contributed by atoms with Crippen LogP contribution in [0.25, 0.3) is 10.9 Å². The van der Waals surface area contributed by atoms with Gasteiger partial charge in [0.05, 0.1) is 5.52 Å². The van der Waals surface area contributed by atoms with Gasteiger partial charge in [-0.3, -0.25) is 0 Å². The highest BCUT2D eigenvalue weighted by atomic mass is 16.5. The average Bonchev–Trinajstić information content (AvgIpc) is 2.91. The zero-order valence-electron chi connectivity index (χ0n) is 12.4. The highest BCUT2D eigenvalue weighted by molar-refractivity contribution is 5.83. The highest BCUT2D eigenvalue weighted by Crippen LogP contribution is 2.27. The van der Waals surface area contributed by atoms with Crippen molar-refractivity contribution in [3.05, 3.63) is 36.0 Å². The van der Waals surface area contributed by atoms with E-state index < -0.39 is 0 Å². The van der Waals surface area contributed by atoms with Crippen molar-refractivity contribution in [2.24, 2.45) is 5.92 Å². The van der Waals surface area contributed by atoms with Crippen molar-refractivity contribution in [1.82, 2.24) is 9.88 Å². The average molecular weight is 272 g/mol. The van der Waals surface area contributed by atoms with Crippen molar-refractivity contribution in [2.75, 3.05) is 20.3 Å². The number of nitrogens with zero attached hydrogens (tertiary/aromatic N) is 1. The molecule has 1 aliphatic heterocycles. The second-order valence-corrected chi connectivity index (χ2v) is 5.82. The van der Waals surface area contributed by atoms with Gasteiger partial charge in [-0.15, -0.1) is 0 Å². The lowest BCUT2D eigenvalue weighted by Crippen LogP contribution is -2.20. The Morgan fingerprint density at radius 2 is 2.10 bits per heavy atom. The first-order chi connectivity index (χ1) is 9.79. The molecule has 1 saturated heterocycles. The molecule has 0 radical (unpaired) electrons. The van der Waals surface area contributed by atoms with Gasteiger partial charge in [0.15, 0.2) is 0 Å². The second-order valence-electron chi connectivity index (χ2n) is 5.82. The molecule has 3 heteroatoms. The molecule has 1 aromatic heterocycles. The van der Waals surface area contributed by atoms with Gasteiger partial charge in [0.2, 0.25) is 0 Å². The number of nitrogens with one attached hydrogen (secondary N) is 1. The Morgan fingerprint density at radius 1 is 1.30 bits per heavy atom. The van der Waals surface area contributed by atoms with E-state index in [4.69, 9.17) is 4.74 Å². The Bertz CT molecular complexity index is 569. The summed E-state index contributed by atoms with van der Waals surface area (Å²) in [6.45, 7) is 5.17. The van der Waals surface area contributed by atoms with Crippen LogP contribution in [0.2, 0.25) is 0 Å². The van der Waals surface area contributed by atoms with Crippen LogP contribution in [-0.2, 0) is 11.3 Å². The number of hydrogen-bond donors (Lipinski definition) is 1. The second kappa shape index (κ2) is 5.98. The number of ether oxygens (including phenoxy) is 1. The molecule has 3 rings (SSSR count). The maximum atomic E-state index is 5.47. The Labute approximate surface area is 120 Å². The van der Waals surface area contributed by atoms with Crippen molar-refractivity contribution < 1.29 is 4.74 Å². The van der Waals surface area contributed by atoms with Gasteiger partial charge in [-0.25, -0.2) is 0 Å². The molecule has 108 valence electrons. The molecule has 1 N–H and O–H groups in total. The number of para-hydroxylation sites is 1. The van der Waals surface area contributed by atoms with E-state index in [0.29, 0.717) is 6.04 Å². The van der Waals surface area contributed by atoms with Gasteiger partial charge in [-0.05, 0) is 49.7 Å². The van der Waals surface area contributed by atoms with Crippen LogP contribution in [0, 0.1) is 5.92 Å². The van der Waals surface area contributed by atoms with Crippen molar-refractivity contribution in [3.8, 4) is 0 Å². The minimum absolute atomic E-state index is 0.377. The third-order valence-corrected chi connectivity index (χ3v) is 4.51. The number of benzene rings is 1. The monoisotopic (exact) mass is 272 g/mol. The number of fused-ring (bicyclic) bond motifs is 1. The van der Waals surface area contributed by atoms with Crippen LogP contribution in [0.15, 0.2) is 30.5 Å². The number of aromatic nitrogens is 1. The minimum atomic E-state index is 0.377. The van der Waals surface area contributed by atoms with Crippen molar-refractivity contribution in [3.63, 3.8) is 0 Å². The van der Waals surface area contributed by atoms with E-state index in [1.807, 2.05) is 7.05 Å². The van der Waals surface area contributed by atoms with Gasteiger partial charge in [0.1, 0.15) is 0 Å². The summed E-state index contributed by atoms with van der Waals surface area (Å²) in [5, 5.41) is 4.70. The third-order valence-electron chi connectivity index (χ3n) is 4.51.